The Bertz CT molecular complexity index is 1080. The predicted octanol–water partition coefficient (Wildman–Crippen LogP) is 2.38. The minimum Gasteiger partial charge on any atom is -0.479 e. The lowest BCUT2D eigenvalue weighted by Gasteiger charge is -2.19. The number of nitrogens with zero attached hydrogens (tertiary/aromatic N) is 1. The number of aliphatic carboxylic acids is 1. The van der Waals surface area contributed by atoms with E-state index in [4.69, 9.17) is 0 Å². The first kappa shape index (κ1) is 20.1. The standard InChI is InChI=1S/C21H20FN3O4/c1-12(19(26)24-18(21(28)29)13-6-4-3-5-7-13)23-20(27)17-11-14-10-15(22)8-9-16(14)25(17)2/h3-12,18H,1-2H3,(H,23,27)(H,24,26)(H,28,29). The summed E-state index contributed by atoms with van der Waals surface area (Å²) < 4.78 is 15.0. The smallest absolute Gasteiger partial charge is 0.330 e. The molecule has 0 saturated heterocycles. The van der Waals surface area contributed by atoms with Crippen LogP contribution in [0.15, 0.2) is 54.6 Å². The van der Waals surface area contributed by atoms with E-state index in [0.717, 1.165) is 0 Å². The Morgan fingerprint density at radius 2 is 1.72 bits per heavy atom. The topological polar surface area (TPSA) is 100 Å². The van der Waals surface area contributed by atoms with Crippen molar-refractivity contribution in [3.8, 4) is 0 Å². The van der Waals surface area contributed by atoms with Gasteiger partial charge in [0.15, 0.2) is 6.04 Å². The van der Waals surface area contributed by atoms with Gasteiger partial charge in [-0.15, -0.1) is 0 Å². The summed E-state index contributed by atoms with van der Waals surface area (Å²) in [5.41, 5.74) is 1.34. The van der Waals surface area contributed by atoms with Crippen LogP contribution < -0.4 is 10.6 Å². The fraction of sp³-hybridized carbons (Fsp3) is 0.190. The molecule has 3 rings (SSSR count). The van der Waals surface area contributed by atoms with E-state index in [9.17, 15) is 23.9 Å². The third-order valence-corrected chi connectivity index (χ3v) is 4.64. The van der Waals surface area contributed by atoms with Crippen LogP contribution >= 0.6 is 0 Å². The third kappa shape index (κ3) is 4.26. The highest BCUT2D eigenvalue weighted by atomic mass is 19.1. The molecule has 2 amide bonds. The van der Waals surface area contributed by atoms with E-state index in [1.165, 1.54) is 25.1 Å². The Morgan fingerprint density at radius 1 is 1.03 bits per heavy atom. The van der Waals surface area contributed by atoms with Gasteiger partial charge in [0.05, 0.1) is 0 Å². The van der Waals surface area contributed by atoms with Gasteiger partial charge in [-0.1, -0.05) is 30.3 Å². The average molecular weight is 397 g/mol. The van der Waals surface area contributed by atoms with Gasteiger partial charge in [-0.25, -0.2) is 9.18 Å². The fourth-order valence-corrected chi connectivity index (χ4v) is 3.07. The van der Waals surface area contributed by atoms with Crippen LogP contribution in [0.25, 0.3) is 10.9 Å². The number of aromatic nitrogens is 1. The van der Waals surface area contributed by atoms with Gasteiger partial charge in [-0.2, -0.15) is 0 Å². The first-order chi connectivity index (χ1) is 13.8. The highest BCUT2D eigenvalue weighted by Crippen LogP contribution is 2.20. The molecule has 0 radical (unpaired) electrons. The van der Waals surface area contributed by atoms with Crippen LogP contribution in [0.4, 0.5) is 4.39 Å². The molecule has 2 unspecified atom stereocenters. The molecule has 3 N–H and O–H groups in total. The van der Waals surface area contributed by atoms with Crippen molar-refractivity contribution in [3.05, 3.63) is 71.7 Å². The highest BCUT2D eigenvalue weighted by molar-refractivity contribution is 6.01. The summed E-state index contributed by atoms with van der Waals surface area (Å²) in [6.45, 7) is 1.46. The SMILES string of the molecule is CC(NC(=O)c1cc2cc(F)ccc2n1C)C(=O)NC(C(=O)O)c1ccccc1. The Morgan fingerprint density at radius 3 is 2.38 bits per heavy atom. The van der Waals surface area contributed by atoms with E-state index < -0.39 is 35.7 Å². The largest absolute Gasteiger partial charge is 0.479 e. The van der Waals surface area contributed by atoms with Gasteiger partial charge >= 0.3 is 5.97 Å². The summed E-state index contributed by atoms with van der Waals surface area (Å²) >= 11 is 0. The zero-order chi connectivity index (χ0) is 21.1. The van der Waals surface area contributed by atoms with Crippen molar-refractivity contribution < 1.29 is 23.9 Å². The first-order valence-electron chi connectivity index (χ1n) is 8.92. The molecule has 1 heterocycles. The van der Waals surface area contributed by atoms with Crippen molar-refractivity contribution in [3.63, 3.8) is 0 Å². The molecule has 2 atom stereocenters. The van der Waals surface area contributed by atoms with Gasteiger partial charge in [-0.05, 0) is 36.8 Å². The maximum absolute atomic E-state index is 13.4. The number of hydrogen-bond donors (Lipinski definition) is 3. The number of hydrogen-bond acceptors (Lipinski definition) is 3. The molecule has 29 heavy (non-hydrogen) atoms. The molecule has 7 nitrogen and oxygen atoms in total. The van der Waals surface area contributed by atoms with E-state index in [-0.39, 0.29) is 5.69 Å². The number of nitrogens with one attached hydrogen (secondary N) is 2. The van der Waals surface area contributed by atoms with Crippen LogP contribution in [0.1, 0.15) is 29.0 Å². The molecule has 3 aromatic rings. The van der Waals surface area contributed by atoms with Crippen molar-refractivity contribution in [2.24, 2.45) is 7.05 Å². The molecular formula is C21H20FN3O4. The molecule has 0 bridgehead atoms. The molecule has 2 aromatic carbocycles. The van der Waals surface area contributed by atoms with Gasteiger partial charge in [0.25, 0.3) is 5.91 Å². The number of benzene rings is 2. The molecule has 8 heteroatoms. The Hall–Kier alpha value is -3.68. The Labute approximate surface area is 166 Å². The van der Waals surface area contributed by atoms with Gasteiger partial charge in [0, 0.05) is 18.0 Å². The van der Waals surface area contributed by atoms with E-state index in [1.54, 1.807) is 48.0 Å². The fourth-order valence-electron chi connectivity index (χ4n) is 3.07. The van der Waals surface area contributed by atoms with Crippen LogP contribution in [-0.2, 0) is 16.6 Å². The predicted molar refractivity (Wildman–Crippen MR) is 105 cm³/mol. The van der Waals surface area contributed by atoms with Crippen LogP contribution in [0.5, 0.6) is 0 Å². The van der Waals surface area contributed by atoms with Crippen LogP contribution in [0.3, 0.4) is 0 Å². The number of carboxylic acids is 1. The number of carboxylic acid groups (broad SMARTS) is 1. The molecule has 0 aliphatic carbocycles. The molecular weight excluding hydrogens is 377 g/mol. The molecule has 0 saturated carbocycles. The molecule has 1 aromatic heterocycles. The van der Waals surface area contributed by atoms with Gasteiger partial charge < -0.3 is 20.3 Å². The van der Waals surface area contributed by atoms with Crippen LogP contribution in [-0.4, -0.2) is 33.5 Å². The quantitative estimate of drug-likeness (QED) is 0.595. The summed E-state index contributed by atoms with van der Waals surface area (Å²) in [4.78, 5) is 36.6. The van der Waals surface area contributed by atoms with E-state index in [1.807, 2.05) is 0 Å². The molecule has 0 aliphatic heterocycles. The van der Waals surface area contributed by atoms with Crippen LogP contribution in [0, 0.1) is 5.82 Å². The van der Waals surface area contributed by atoms with Gasteiger partial charge in [0.1, 0.15) is 17.6 Å². The number of aryl methyl sites for hydroxylation is 1. The van der Waals surface area contributed by atoms with E-state index >= 15 is 0 Å². The highest BCUT2D eigenvalue weighted by Gasteiger charge is 2.26. The van der Waals surface area contributed by atoms with Crippen molar-refractivity contribution in [1.82, 2.24) is 15.2 Å². The second-order valence-electron chi connectivity index (χ2n) is 6.68. The normalized spacial score (nSPS) is 12.9. The van der Waals surface area contributed by atoms with Crippen molar-refractivity contribution in [2.45, 2.75) is 19.0 Å². The summed E-state index contributed by atoms with van der Waals surface area (Å²) in [7, 11) is 1.66. The zero-order valence-electron chi connectivity index (χ0n) is 15.8. The number of rotatable bonds is 6. The van der Waals surface area contributed by atoms with E-state index in [0.29, 0.717) is 16.5 Å². The zero-order valence-corrected chi connectivity index (χ0v) is 15.8. The monoisotopic (exact) mass is 397 g/mol. The number of carbonyl (C=O) groups excluding carboxylic acids is 2. The summed E-state index contributed by atoms with van der Waals surface area (Å²) in [6, 6.07) is 11.8. The summed E-state index contributed by atoms with van der Waals surface area (Å²) in [6.07, 6.45) is 0. The lowest BCUT2D eigenvalue weighted by Crippen LogP contribution is -2.47. The van der Waals surface area contributed by atoms with Gasteiger partial charge in [-0.3, -0.25) is 9.59 Å². The lowest BCUT2D eigenvalue weighted by molar-refractivity contribution is -0.142. The second kappa shape index (κ2) is 8.14. The Kier molecular flexibility index (Phi) is 5.63. The third-order valence-electron chi connectivity index (χ3n) is 4.64. The Balaban J connectivity index is 1.73. The summed E-state index contributed by atoms with van der Waals surface area (Å²) in [5.74, 6) is -2.79. The minimum absolute atomic E-state index is 0.253. The number of amides is 2. The van der Waals surface area contributed by atoms with E-state index in [2.05, 4.69) is 10.6 Å². The maximum atomic E-state index is 13.4. The summed E-state index contributed by atoms with van der Waals surface area (Å²) in [5, 5.41) is 15.0. The average Bonchev–Trinajstić information content (AvgIpc) is 3.02. The first-order valence-corrected chi connectivity index (χ1v) is 8.92. The lowest BCUT2D eigenvalue weighted by atomic mass is 10.1. The molecule has 0 aliphatic rings. The van der Waals surface area contributed by atoms with Crippen LogP contribution in [0.2, 0.25) is 0 Å². The number of halogens is 1. The van der Waals surface area contributed by atoms with Crippen molar-refractivity contribution in [2.75, 3.05) is 0 Å². The van der Waals surface area contributed by atoms with Gasteiger partial charge in [0.2, 0.25) is 5.91 Å². The number of carbonyl (C=O) groups is 3. The molecule has 0 fully saturated rings. The minimum atomic E-state index is -1.23. The molecule has 150 valence electrons. The number of fused-ring (bicyclic) bond motifs is 1. The van der Waals surface area contributed by atoms with Crippen molar-refractivity contribution >= 4 is 28.7 Å². The maximum Gasteiger partial charge on any atom is 0.330 e. The molecule has 0 spiro atoms. The second-order valence-corrected chi connectivity index (χ2v) is 6.68. The van der Waals surface area contributed by atoms with Crippen molar-refractivity contribution in [1.29, 1.82) is 0 Å².